The molecule has 0 spiro atoms. The Balaban J connectivity index is 1.80. The Morgan fingerprint density at radius 3 is 2.62 bits per heavy atom. The maximum absolute atomic E-state index is 11.9. The first kappa shape index (κ1) is 17.9. The molecule has 0 radical (unpaired) electrons. The number of carbonyl (C=O) groups excluding carboxylic acids is 2. The second-order valence-electron chi connectivity index (χ2n) is 5.91. The van der Waals surface area contributed by atoms with E-state index in [1.807, 2.05) is 42.5 Å². The summed E-state index contributed by atoms with van der Waals surface area (Å²) in [5.74, 6) is -0.131. The van der Waals surface area contributed by atoms with E-state index in [1.54, 1.807) is 13.0 Å². The van der Waals surface area contributed by atoms with Crippen LogP contribution in [0.15, 0.2) is 48.5 Å². The van der Waals surface area contributed by atoms with Gasteiger partial charge in [0.2, 0.25) is 5.91 Å². The molecule has 24 heavy (non-hydrogen) atoms. The zero-order chi connectivity index (χ0) is 17.4. The summed E-state index contributed by atoms with van der Waals surface area (Å²) in [6, 6.07) is 13.9. The molecular formula is C20H23NO3. The highest BCUT2D eigenvalue weighted by atomic mass is 16.3. The van der Waals surface area contributed by atoms with Gasteiger partial charge in [-0.2, -0.15) is 0 Å². The van der Waals surface area contributed by atoms with Crippen molar-refractivity contribution in [1.29, 1.82) is 0 Å². The number of rotatable bonds is 8. The zero-order valence-corrected chi connectivity index (χ0v) is 13.9. The van der Waals surface area contributed by atoms with E-state index in [1.165, 1.54) is 5.39 Å². The summed E-state index contributed by atoms with van der Waals surface area (Å²) in [7, 11) is 0. The maximum Gasteiger partial charge on any atom is 0.220 e. The van der Waals surface area contributed by atoms with Crippen LogP contribution < -0.4 is 5.32 Å². The Bertz CT molecular complexity index is 736. The van der Waals surface area contributed by atoms with E-state index in [4.69, 9.17) is 5.11 Å². The van der Waals surface area contributed by atoms with Crippen LogP contribution in [0, 0.1) is 0 Å². The third-order valence-electron chi connectivity index (χ3n) is 3.74. The molecule has 1 atom stereocenters. The number of ketones is 1. The molecule has 4 heteroatoms. The van der Waals surface area contributed by atoms with Crippen molar-refractivity contribution in [2.75, 3.05) is 6.61 Å². The molecule has 2 aromatic rings. The number of benzene rings is 2. The fraction of sp³-hybridized carbons (Fsp3) is 0.300. The highest BCUT2D eigenvalue weighted by Crippen LogP contribution is 2.16. The molecule has 0 aliphatic heterocycles. The molecule has 2 rings (SSSR count). The van der Waals surface area contributed by atoms with Crippen molar-refractivity contribution in [1.82, 2.24) is 5.32 Å². The van der Waals surface area contributed by atoms with Gasteiger partial charge in [-0.3, -0.25) is 9.59 Å². The highest BCUT2D eigenvalue weighted by molar-refractivity contribution is 5.94. The molecule has 0 saturated heterocycles. The van der Waals surface area contributed by atoms with Gasteiger partial charge in [-0.05, 0) is 41.8 Å². The monoisotopic (exact) mass is 325 g/mol. The third-order valence-corrected chi connectivity index (χ3v) is 3.74. The lowest BCUT2D eigenvalue weighted by molar-refractivity contribution is -0.122. The van der Waals surface area contributed by atoms with Crippen LogP contribution in [-0.2, 0) is 9.59 Å². The number of aliphatic hydroxyl groups is 1. The van der Waals surface area contributed by atoms with Crippen molar-refractivity contribution >= 4 is 28.5 Å². The van der Waals surface area contributed by atoms with Crippen molar-refractivity contribution in [3.05, 3.63) is 54.1 Å². The standard InChI is InChI=1S/C20H23NO3/c1-15(14-22)21-20(24)8-4-7-19(23)12-10-16-9-11-17-5-2-3-6-18(17)13-16/h2-3,5-6,9-13,15,22H,4,7-8,14H2,1H3,(H,21,24)/b12-10+/t15-/m0/s1. The van der Waals surface area contributed by atoms with Crippen molar-refractivity contribution in [3.8, 4) is 0 Å². The van der Waals surface area contributed by atoms with Crippen LogP contribution in [0.4, 0.5) is 0 Å². The molecular weight excluding hydrogens is 302 g/mol. The molecule has 0 aliphatic rings. The molecule has 0 bridgehead atoms. The Kier molecular flexibility index (Phi) is 6.70. The quantitative estimate of drug-likeness (QED) is 0.733. The molecule has 2 N–H and O–H groups in total. The lowest BCUT2D eigenvalue weighted by Gasteiger charge is -2.09. The number of hydrogen-bond donors (Lipinski definition) is 2. The first-order valence-electron chi connectivity index (χ1n) is 8.18. The zero-order valence-electron chi connectivity index (χ0n) is 13.9. The lowest BCUT2D eigenvalue weighted by Crippen LogP contribution is -2.34. The number of allylic oxidation sites excluding steroid dienone is 1. The van der Waals surface area contributed by atoms with Gasteiger partial charge in [0.15, 0.2) is 5.78 Å². The van der Waals surface area contributed by atoms with Gasteiger partial charge in [0.1, 0.15) is 0 Å². The van der Waals surface area contributed by atoms with Crippen molar-refractivity contribution < 1.29 is 14.7 Å². The minimum absolute atomic E-state index is 0.00571. The largest absolute Gasteiger partial charge is 0.394 e. The van der Waals surface area contributed by atoms with Crippen LogP contribution in [-0.4, -0.2) is 29.4 Å². The average molecular weight is 325 g/mol. The molecule has 2 aromatic carbocycles. The topological polar surface area (TPSA) is 66.4 Å². The Labute approximate surface area is 142 Å². The van der Waals surface area contributed by atoms with Crippen LogP contribution in [0.2, 0.25) is 0 Å². The fourth-order valence-electron chi connectivity index (χ4n) is 2.40. The van der Waals surface area contributed by atoms with Crippen molar-refractivity contribution in [2.24, 2.45) is 0 Å². The second-order valence-corrected chi connectivity index (χ2v) is 5.91. The molecule has 0 aliphatic carbocycles. The van der Waals surface area contributed by atoms with Crippen molar-refractivity contribution in [3.63, 3.8) is 0 Å². The summed E-state index contributed by atoms with van der Waals surface area (Å²) in [5.41, 5.74) is 0.983. The molecule has 4 nitrogen and oxygen atoms in total. The van der Waals surface area contributed by atoms with E-state index in [2.05, 4.69) is 11.4 Å². The highest BCUT2D eigenvalue weighted by Gasteiger charge is 2.06. The van der Waals surface area contributed by atoms with Gasteiger partial charge in [-0.1, -0.05) is 42.5 Å². The number of nitrogens with one attached hydrogen (secondary N) is 1. The molecule has 0 unspecified atom stereocenters. The summed E-state index contributed by atoms with van der Waals surface area (Å²) in [6.45, 7) is 1.65. The lowest BCUT2D eigenvalue weighted by atomic mass is 10.1. The summed E-state index contributed by atoms with van der Waals surface area (Å²) in [4.78, 5) is 23.4. The predicted molar refractivity (Wildman–Crippen MR) is 96.5 cm³/mol. The van der Waals surface area contributed by atoms with Crippen LogP contribution in [0.5, 0.6) is 0 Å². The SMILES string of the molecule is C[C@@H](CO)NC(=O)CCCC(=O)/C=C/c1ccc2ccccc2c1. The Morgan fingerprint density at radius 1 is 1.12 bits per heavy atom. The number of aliphatic hydroxyl groups excluding tert-OH is 1. The van der Waals surface area contributed by atoms with Gasteiger partial charge in [-0.15, -0.1) is 0 Å². The summed E-state index contributed by atoms with van der Waals surface area (Å²) in [6.07, 6.45) is 4.51. The third kappa shape index (κ3) is 5.63. The van der Waals surface area contributed by atoms with E-state index in [0.29, 0.717) is 19.3 Å². The van der Waals surface area contributed by atoms with Gasteiger partial charge in [0.05, 0.1) is 6.61 Å². The minimum Gasteiger partial charge on any atom is -0.394 e. The van der Waals surface area contributed by atoms with E-state index in [-0.39, 0.29) is 24.3 Å². The Hall–Kier alpha value is -2.46. The van der Waals surface area contributed by atoms with Gasteiger partial charge < -0.3 is 10.4 Å². The predicted octanol–water partition coefficient (Wildman–Crippen LogP) is 3.09. The van der Waals surface area contributed by atoms with Crippen molar-refractivity contribution in [2.45, 2.75) is 32.2 Å². The molecule has 126 valence electrons. The molecule has 0 fully saturated rings. The molecule has 0 heterocycles. The maximum atomic E-state index is 11.9. The van der Waals surface area contributed by atoms with Gasteiger partial charge in [0, 0.05) is 18.9 Å². The van der Waals surface area contributed by atoms with Gasteiger partial charge in [0.25, 0.3) is 0 Å². The summed E-state index contributed by atoms with van der Waals surface area (Å²) in [5, 5.41) is 13.8. The van der Waals surface area contributed by atoms with Crippen LogP contribution in [0.25, 0.3) is 16.8 Å². The number of amides is 1. The second kappa shape index (κ2) is 8.99. The number of carbonyl (C=O) groups is 2. The van der Waals surface area contributed by atoms with Gasteiger partial charge in [-0.25, -0.2) is 0 Å². The van der Waals surface area contributed by atoms with Crippen LogP contribution >= 0.6 is 0 Å². The average Bonchev–Trinajstić information content (AvgIpc) is 2.59. The first-order chi connectivity index (χ1) is 11.6. The Morgan fingerprint density at radius 2 is 1.88 bits per heavy atom. The first-order valence-corrected chi connectivity index (χ1v) is 8.18. The van der Waals surface area contributed by atoms with Crippen LogP contribution in [0.1, 0.15) is 31.7 Å². The van der Waals surface area contributed by atoms with E-state index >= 15 is 0 Å². The summed E-state index contributed by atoms with van der Waals surface area (Å²) >= 11 is 0. The van der Waals surface area contributed by atoms with Crippen LogP contribution in [0.3, 0.4) is 0 Å². The van der Waals surface area contributed by atoms with E-state index in [9.17, 15) is 9.59 Å². The molecule has 1 amide bonds. The number of hydrogen-bond acceptors (Lipinski definition) is 3. The molecule has 0 aromatic heterocycles. The summed E-state index contributed by atoms with van der Waals surface area (Å²) < 4.78 is 0. The fourth-order valence-corrected chi connectivity index (χ4v) is 2.40. The number of fused-ring (bicyclic) bond motifs is 1. The van der Waals surface area contributed by atoms with E-state index < -0.39 is 0 Å². The van der Waals surface area contributed by atoms with E-state index in [0.717, 1.165) is 10.9 Å². The smallest absolute Gasteiger partial charge is 0.220 e. The molecule has 0 saturated carbocycles. The normalized spacial score (nSPS) is 12.4. The minimum atomic E-state index is -0.249. The van der Waals surface area contributed by atoms with Gasteiger partial charge >= 0.3 is 0 Å².